The van der Waals surface area contributed by atoms with Crippen LogP contribution < -0.4 is 9.47 Å². The maximum atomic E-state index is 12.2. The van der Waals surface area contributed by atoms with Crippen molar-refractivity contribution in [3.05, 3.63) is 62.2 Å². The smallest absolute Gasteiger partial charge is 0.363 e. The largest absolute Gasteiger partial charge is 0.496 e. The summed E-state index contributed by atoms with van der Waals surface area (Å²) in [5.74, 6) is 1.06. The molecule has 0 spiro atoms. The average Bonchev–Trinajstić information content (AvgIpc) is 2.96. The zero-order chi connectivity index (χ0) is 18.0. The van der Waals surface area contributed by atoms with Crippen LogP contribution in [-0.4, -0.2) is 26.1 Å². The van der Waals surface area contributed by atoms with Gasteiger partial charge in [-0.3, -0.25) is 0 Å². The summed E-state index contributed by atoms with van der Waals surface area (Å²) < 4.78 is 17.4. The molecule has 0 saturated carbocycles. The number of benzene rings is 2. The SMILES string of the molecule is COc1ccc(C2=N/C(=C\c3cc(Br)ccc3OC)C(=O)O2)cc1Br. The molecule has 0 atom stereocenters. The first-order chi connectivity index (χ1) is 12.0. The van der Waals surface area contributed by atoms with E-state index in [2.05, 4.69) is 36.9 Å². The number of carbonyl (C=O) groups is 1. The van der Waals surface area contributed by atoms with Crippen LogP contribution in [0, 0.1) is 0 Å². The Morgan fingerprint density at radius 2 is 1.76 bits per heavy atom. The molecule has 0 amide bonds. The van der Waals surface area contributed by atoms with Crippen molar-refractivity contribution >= 4 is 49.8 Å². The second-order valence-corrected chi connectivity index (χ2v) is 6.84. The number of rotatable bonds is 4. The highest BCUT2D eigenvalue weighted by atomic mass is 79.9. The van der Waals surface area contributed by atoms with Crippen molar-refractivity contribution in [2.24, 2.45) is 4.99 Å². The van der Waals surface area contributed by atoms with Crippen LogP contribution in [0.25, 0.3) is 6.08 Å². The number of aliphatic imine (C=N–C) groups is 1. The van der Waals surface area contributed by atoms with Crippen molar-refractivity contribution in [2.75, 3.05) is 14.2 Å². The van der Waals surface area contributed by atoms with Gasteiger partial charge < -0.3 is 14.2 Å². The topological polar surface area (TPSA) is 57.1 Å². The number of esters is 1. The summed E-state index contributed by atoms with van der Waals surface area (Å²) in [6, 6.07) is 10.8. The van der Waals surface area contributed by atoms with Crippen LogP contribution in [-0.2, 0) is 9.53 Å². The average molecular weight is 467 g/mol. The second-order valence-electron chi connectivity index (χ2n) is 5.07. The van der Waals surface area contributed by atoms with Gasteiger partial charge in [-0.1, -0.05) is 15.9 Å². The Morgan fingerprint density at radius 3 is 2.44 bits per heavy atom. The van der Waals surface area contributed by atoms with Crippen LogP contribution in [0.1, 0.15) is 11.1 Å². The molecule has 3 rings (SSSR count). The van der Waals surface area contributed by atoms with Gasteiger partial charge in [-0.25, -0.2) is 9.79 Å². The van der Waals surface area contributed by atoms with E-state index in [4.69, 9.17) is 14.2 Å². The number of ether oxygens (including phenoxy) is 3. The van der Waals surface area contributed by atoms with Crippen LogP contribution in [0.2, 0.25) is 0 Å². The summed E-state index contributed by atoms with van der Waals surface area (Å²) in [6.45, 7) is 0. The van der Waals surface area contributed by atoms with Gasteiger partial charge >= 0.3 is 5.97 Å². The Morgan fingerprint density at radius 1 is 1.04 bits per heavy atom. The monoisotopic (exact) mass is 465 g/mol. The lowest BCUT2D eigenvalue weighted by molar-refractivity contribution is -0.129. The van der Waals surface area contributed by atoms with Crippen LogP contribution >= 0.6 is 31.9 Å². The molecule has 0 aliphatic carbocycles. The molecule has 0 aromatic heterocycles. The molecule has 0 fully saturated rings. The van der Waals surface area contributed by atoms with Crippen LogP contribution in [0.5, 0.6) is 11.5 Å². The quantitative estimate of drug-likeness (QED) is 0.489. The molecule has 1 heterocycles. The number of halogens is 2. The molecular weight excluding hydrogens is 454 g/mol. The Labute approximate surface area is 161 Å². The summed E-state index contributed by atoms with van der Waals surface area (Å²) in [4.78, 5) is 16.5. The first kappa shape index (κ1) is 17.7. The molecule has 7 heteroatoms. The van der Waals surface area contributed by atoms with Crippen molar-refractivity contribution < 1.29 is 19.0 Å². The minimum atomic E-state index is -0.510. The molecule has 2 aromatic rings. The molecule has 0 unspecified atom stereocenters. The van der Waals surface area contributed by atoms with Crippen LogP contribution in [0.4, 0.5) is 0 Å². The number of hydrogen-bond donors (Lipinski definition) is 0. The number of carbonyl (C=O) groups excluding carboxylic acids is 1. The van der Waals surface area contributed by atoms with Gasteiger partial charge in [0.1, 0.15) is 11.5 Å². The fourth-order valence-electron chi connectivity index (χ4n) is 2.30. The molecule has 0 saturated heterocycles. The first-order valence-electron chi connectivity index (χ1n) is 7.22. The third-order valence-corrected chi connectivity index (χ3v) is 4.62. The van der Waals surface area contributed by atoms with E-state index < -0.39 is 5.97 Å². The van der Waals surface area contributed by atoms with Crippen molar-refractivity contribution in [3.8, 4) is 11.5 Å². The molecule has 0 bridgehead atoms. The van der Waals surface area contributed by atoms with E-state index in [0.717, 1.165) is 14.5 Å². The summed E-state index contributed by atoms with van der Waals surface area (Å²) in [6.07, 6.45) is 1.64. The number of hydrogen-bond acceptors (Lipinski definition) is 5. The maximum absolute atomic E-state index is 12.2. The highest BCUT2D eigenvalue weighted by molar-refractivity contribution is 9.10. The Balaban J connectivity index is 1.98. The summed E-state index contributed by atoms with van der Waals surface area (Å²) in [7, 11) is 3.15. The third kappa shape index (κ3) is 3.77. The Kier molecular flexibility index (Phi) is 5.24. The van der Waals surface area contributed by atoms with Gasteiger partial charge in [0.25, 0.3) is 0 Å². The van der Waals surface area contributed by atoms with Crippen LogP contribution in [0.15, 0.2) is 56.0 Å². The molecule has 1 aliphatic heterocycles. The Bertz CT molecular complexity index is 906. The standard InChI is InChI=1S/C18H13Br2NO4/c1-23-15-6-4-12(19)7-11(15)9-14-18(22)25-17(21-14)10-3-5-16(24-2)13(20)8-10/h3-9H,1-2H3/b14-9-. The zero-order valence-corrected chi connectivity index (χ0v) is 16.5. The van der Waals surface area contributed by atoms with Gasteiger partial charge in [0, 0.05) is 15.6 Å². The fraction of sp³-hybridized carbons (Fsp3) is 0.111. The van der Waals surface area contributed by atoms with Crippen LogP contribution in [0.3, 0.4) is 0 Å². The molecule has 128 valence electrons. The first-order valence-corrected chi connectivity index (χ1v) is 8.80. The summed E-state index contributed by atoms with van der Waals surface area (Å²) in [5.41, 5.74) is 1.61. The zero-order valence-electron chi connectivity index (χ0n) is 13.4. The lowest BCUT2D eigenvalue weighted by Crippen LogP contribution is -2.05. The van der Waals surface area contributed by atoms with Gasteiger partial charge in [-0.15, -0.1) is 0 Å². The van der Waals surface area contributed by atoms with E-state index in [9.17, 15) is 4.79 Å². The predicted octanol–water partition coefficient (Wildman–Crippen LogP) is 4.57. The molecule has 2 aromatic carbocycles. The lowest BCUT2D eigenvalue weighted by Gasteiger charge is -2.05. The molecule has 25 heavy (non-hydrogen) atoms. The minimum Gasteiger partial charge on any atom is -0.496 e. The Hall–Kier alpha value is -2.12. The van der Waals surface area contributed by atoms with Crippen molar-refractivity contribution in [1.82, 2.24) is 0 Å². The number of methoxy groups -OCH3 is 2. The van der Waals surface area contributed by atoms with E-state index in [-0.39, 0.29) is 11.6 Å². The van der Waals surface area contributed by atoms with E-state index in [0.29, 0.717) is 17.1 Å². The summed E-state index contributed by atoms with van der Waals surface area (Å²) >= 11 is 6.81. The van der Waals surface area contributed by atoms with Gasteiger partial charge in [0.15, 0.2) is 5.70 Å². The van der Waals surface area contributed by atoms with E-state index in [1.54, 1.807) is 38.5 Å². The van der Waals surface area contributed by atoms with Crippen molar-refractivity contribution in [1.29, 1.82) is 0 Å². The fourth-order valence-corrected chi connectivity index (χ4v) is 3.22. The molecule has 0 N–H and O–H groups in total. The van der Waals surface area contributed by atoms with Crippen molar-refractivity contribution in [3.63, 3.8) is 0 Å². The minimum absolute atomic E-state index is 0.207. The summed E-state index contributed by atoms with van der Waals surface area (Å²) in [5, 5.41) is 0. The van der Waals surface area contributed by atoms with Gasteiger partial charge in [0.05, 0.1) is 18.7 Å². The van der Waals surface area contributed by atoms with Gasteiger partial charge in [-0.2, -0.15) is 0 Å². The third-order valence-electron chi connectivity index (χ3n) is 3.50. The molecule has 0 radical (unpaired) electrons. The molecule has 5 nitrogen and oxygen atoms in total. The van der Waals surface area contributed by atoms with E-state index in [1.165, 1.54) is 0 Å². The molecule has 1 aliphatic rings. The van der Waals surface area contributed by atoms with Gasteiger partial charge in [-0.05, 0) is 58.4 Å². The van der Waals surface area contributed by atoms with Gasteiger partial charge in [0.2, 0.25) is 5.90 Å². The highest BCUT2D eigenvalue weighted by Crippen LogP contribution is 2.29. The molecular formula is C18H13Br2NO4. The van der Waals surface area contributed by atoms with E-state index in [1.807, 2.05) is 18.2 Å². The predicted molar refractivity (Wildman–Crippen MR) is 102 cm³/mol. The normalized spacial score (nSPS) is 15.1. The second kappa shape index (κ2) is 7.41. The highest BCUT2D eigenvalue weighted by Gasteiger charge is 2.25. The number of nitrogens with zero attached hydrogens (tertiary/aromatic N) is 1. The van der Waals surface area contributed by atoms with Crippen molar-refractivity contribution in [2.45, 2.75) is 0 Å². The maximum Gasteiger partial charge on any atom is 0.363 e. The van der Waals surface area contributed by atoms with E-state index >= 15 is 0 Å². The number of cyclic esters (lactones) is 1. The lowest BCUT2D eigenvalue weighted by atomic mass is 10.1.